The van der Waals surface area contributed by atoms with Crippen molar-refractivity contribution in [1.29, 1.82) is 0 Å². The fraction of sp³-hybridized carbons (Fsp3) is 0.294. The van der Waals surface area contributed by atoms with E-state index in [1.807, 2.05) is 6.92 Å². The quantitative estimate of drug-likeness (QED) is 0.763. The minimum Gasteiger partial charge on any atom is -0.480 e. The lowest BCUT2D eigenvalue weighted by molar-refractivity contribution is -0.139. The predicted molar refractivity (Wildman–Crippen MR) is 85.7 cm³/mol. The molecule has 5 nitrogen and oxygen atoms in total. The highest BCUT2D eigenvalue weighted by Crippen LogP contribution is 2.36. The summed E-state index contributed by atoms with van der Waals surface area (Å²) < 4.78 is 44.0. The fourth-order valence-corrected chi connectivity index (χ4v) is 2.17. The first-order valence-electron chi connectivity index (χ1n) is 7.60. The molecule has 1 atom stereocenters. The SMILES string of the molecule is CCCC(Nc1ccc(Oc2ncccc2C(F)(F)F)cc1)C(=O)O. The zero-order valence-electron chi connectivity index (χ0n) is 13.4. The lowest BCUT2D eigenvalue weighted by Crippen LogP contribution is -2.28. The zero-order valence-corrected chi connectivity index (χ0v) is 13.4. The third kappa shape index (κ3) is 5.10. The van der Waals surface area contributed by atoms with E-state index in [2.05, 4.69) is 10.3 Å². The van der Waals surface area contributed by atoms with Crippen LogP contribution >= 0.6 is 0 Å². The maximum atomic E-state index is 12.9. The van der Waals surface area contributed by atoms with Gasteiger partial charge >= 0.3 is 12.1 Å². The van der Waals surface area contributed by atoms with Gasteiger partial charge in [-0.1, -0.05) is 13.3 Å². The van der Waals surface area contributed by atoms with E-state index in [4.69, 9.17) is 9.84 Å². The summed E-state index contributed by atoms with van der Waals surface area (Å²) in [5.74, 6) is -1.34. The second-order valence-electron chi connectivity index (χ2n) is 5.30. The highest BCUT2D eigenvalue weighted by Gasteiger charge is 2.35. The van der Waals surface area contributed by atoms with Gasteiger partial charge in [0, 0.05) is 11.9 Å². The number of alkyl halides is 3. The molecule has 0 amide bonds. The summed E-state index contributed by atoms with van der Waals surface area (Å²) in [5, 5.41) is 12.0. The molecule has 25 heavy (non-hydrogen) atoms. The van der Waals surface area contributed by atoms with E-state index >= 15 is 0 Å². The van der Waals surface area contributed by atoms with Crippen LogP contribution < -0.4 is 10.1 Å². The van der Waals surface area contributed by atoms with Crippen LogP contribution in [0.3, 0.4) is 0 Å². The maximum absolute atomic E-state index is 12.9. The Morgan fingerprint density at radius 2 is 1.96 bits per heavy atom. The Bertz CT molecular complexity index is 718. The molecule has 1 aromatic heterocycles. The van der Waals surface area contributed by atoms with Crippen LogP contribution in [0.1, 0.15) is 25.3 Å². The smallest absolute Gasteiger partial charge is 0.421 e. The summed E-state index contributed by atoms with van der Waals surface area (Å²) in [6.45, 7) is 1.87. The molecule has 1 heterocycles. The van der Waals surface area contributed by atoms with Gasteiger partial charge in [0.05, 0.1) is 0 Å². The number of nitrogens with zero attached hydrogens (tertiary/aromatic N) is 1. The van der Waals surface area contributed by atoms with Gasteiger partial charge in [0.1, 0.15) is 17.4 Å². The molecular weight excluding hydrogens is 337 g/mol. The maximum Gasteiger partial charge on any atom is 0.421 e. The predicted octanol–water partition coefficient (Wildman–Crippen LogP) is 4.56. The number of rotatable bonds is 7. The number of halogens is 3. The van der Waals surface area contributed by atoms with Crippen molar-refractivity contribution in [3.8, 4) is 11.6 Å². The van der Waals surface area contributed by atoms with Crippen molar-refractivity contribution < 1.29 is 27.8 Å². The van der Waals surface area contributed by atoms with Gasteiger partial charge in [0.25, 0.3) is 0 Å². The summed E-state index contributed by atoms with van der Waals surface area (Å²) >= 11 is 0. The summed E-state index contributed by atoms with van der Waals surface area (Å²) in [5.41, 5.74) is -0.434. The molecule has 0 aliphatic heterocycles. The fourth-order valence-electron chi connectivity index (χ4n) is 2.17. The van der Waals surface area contributed by atoms with E-state index in [9.17, 15) is 18.0 Å². The van der Waals surface area contributed by atoms with Crippen LogP contribution in [0.25, 0.3) is 0 Å². The minimum atomic E-state index is -4.57. The standard InChI is InChI=1S/C17H17F3N2O3/c1-2-4-14(16(23)24)22-11-6-8-12(9-7-11)25-15-13(17(18,19)20)5-3-10-21-15/h3,5-10,14,22H,2,4H2,1H3,(H,23,24). The minimum absolute atomic E-state index is 0.164. The number of carboxylic acids is 1. The molecule has 0 aliphatic carbocycles. The first-order valence-corrected chi connectivity index (χ1v) is 7.60. The van der Waals surface area contributed by atoms with E-state index in [1.165, 1.54) is 36.5 Å². The van der Waals surface area contributed by atoms with Crippen molar-refractivity contribution in [3.63, 3.8) is 0 Å². The van der Waals surface area contributed by atoms with Crippen LogP contribution in [-0.2, 0) is 11.0 Å². The van der Waals surface area contributed by atoms with Crippen molar-refractivity contribution in [2.75, 3.05) is 5.32 Å². The van der Waals surface area contributed by atoms with Crippen molar-refractivity contribution in [2.45, 2.75) is 32.0 Å². The number of carboxylic acid groups (broad SMARTS) is 1. The van der Waals surface area contributed by atoms with Gasteiger partial charge in [-0.2, -0.15) is 13.2 Å². The summed E-state index contributed by atoms with van der Waals surface area (Å²) in [6, 6.07) is 7.31. The molecule has 8 heteroatoms. The third-order valence-electron chi connectivity index (χ3n) is 3.36. The normalized spacial score (nSPS) is 12.5. The highest BCUT2D eigenvalue weighted by molar-refractivity contribution is 5.77. The van der Waals surface area contributed by atoms with Gasteiger partial charge in [-0.25, -0.2) is 9.78 Å². The Kier molecular flexibility index (Phi) is 5.84. The number of ether oxygens (including phenoxy) is 1. The van der Waals surface area contributed by atoms with Crippen molar-refractivity contribution in [3.05, 3.63) is 48.2 Å². The molecule has 134 valence electrons. The largest absolute Gasteiger partial charge is 0.480 e. The van der Waals surface area contributed by atoms with Crippen LogP contribution in [-0.4, -0.2) is 22.1 Å². The van der Waals surface area contributed by atoms with Crippen molar-refractivity contribution in [1.82, 2.24) is 4.98 Å². The topological polar surface area (TPSA) is 71.5 Å². The Balaban J connectivity index is 2.12. The van der Waals surface area contributed by atoms with Crippen LogP contribution in [0, 0.1) is 0 Å². The lowest BCUT2D eigenvalue weighted by atomic mass is 10.1. The van der Waals surface area contributed by atoms with Gasteiger partial charge in [0.2, 0.25) is 5.88 Å². The third-order valence-corrected chi connectivity index (χ3v) is 3.36. The van der Waals surface area contributed by atoms with Gasteiger partial charge in [-0.15, -0.1) is 0 Å². The summed E-state index contributed by atoms with van der Waals surface area (Å²) in [7, 11) is 0. The number of anilines is 1. The second kappa shape index (κ2) is 7.87. The molecule has 2 rings (SSSR count). The number of carbonyl (C=O) groups is 1. The molecule has 0 spiro atoms. The Morgan fingerprint density at radius 3 is 2.52 bits per heavy atom. The number of aliphatic carboxylic acids is 1. The molecule has 1 unspecified atom stereocenters. The van der Waals surface area contributed by atoms with Gasteiger partial charge < -0.3 is 15.2 Å². The van der Waals surface area contributed by atoms with Crippen molar-refractivity contribution >= 4 is 11.7 Å². The average Bonchev–Trinajstić information content (AvgIpc) is 2.55. The average molecular weight is 354 g/mol. The number of hydrogen-bond acceptors (Lipinski definition) is 4. The first kappa shape index (κ1) is 18.6. The molecule has 2 aromatic rings. The van der Waals surface area contributed by atoms with Crippen LogP contribution in [0.2, 0.25) is 0 Å². The Morgan fingerprint density at radius 1 is 1.28 bits per heavy atom. The molecule has 0 radical (unpaired) electrons. The molecule has 0 saturated carbocycles. The Labute approximate surface area is 142 Å². The number of pyridine rings is 1. The van der Waals surface area contributed by atoms with E-state index in [0.717, 1.165) is 6.07 Å². The summed E-state index contributed by atoms with van der Waals surface area (Å²) in [4.78, 5) is 14.8. The van der Waals surface area contributed by atoms with Crippen LogP contribution in [0.4, 0.5) is 18.9 Å². The van der Waals surface area contributed by atoms with Crippen molar-refractivity contribution in [2.24, 2.45) is 0 Å². The Hall–Kier alpha value is -2.77. The van der Waals surface area contributed by atoms with Gasteiger partial charge in [0.15, 0.2) is 0 Å². The van der Waals surface area contributed by atoms with E-state index < -0.39 is 29.6 Å². The molecule has 0 fully saturated rings. The monoisotopic (exact) mass is 354 g/mol. The number of benzene rings is 1. The van der Waals surface area contributed by atoms with E-state index in [0.29, 0.717) is 18.5 Å². The molecule has 0 saturated heterocycles. The molecule has 0 bridgehead atoms. The van der Waals surface area contributed by atoms with Gasteiger partial charge in [-0.05, 0) is 42.8 Å². The summed E-state index contributed by atoms with van der Waals surface area (Å²) in [6.07, 6.45) is -2.20. The van der Waals surface area contributed by atoms with E-state index in [-0.39, 0.29) is 5.75 Å². The number of hydrogen-bond donors (Lipinski definition) is 2. The lowest BCUT2D eigenvalue weighted by Gasteiger charge is -2.15. The molecule has 1 aromatic carbocycles. The second-order valence-corrected chi connectivity index (χ2v) is 5.30. The van der Waals surface area contributed by atoms with E-state index in [1.54, 1.807) is 0 Å². The highest BCUT2D eigenvalue weighted by atomic mass is 19.4. The first-order chi connectivity index (χ1) is 11.8. The number of nitrogens with one attached hydrogen (secondary N) is 1. The molecular formula is C17H17F3N2O3. The van der Waals surface area contributed by atoms with Gasteiger partial charge in [-0.3, -0.25) is 0 Å². The molecule has 0 aliphatic rings. The number of aromatic nitrogens is 1. The van der Waals surface area contributed by atoms with Crippen LogP contribution in [0.15, 0.2) is 42.6 Å². The zero-order chi connectivity index (χ0) is 18.4. The van der Waals surface area contributed by atoms with Crippen LogP contribution in [0.5, 0.6) is 11.6 Å². The molecule has 2 N–H and O–H groups in total.